The second kappa shape index (κ2) is 7.25. The average molecular weight is 372 g/mol. The zero-order valence-electron chi connectivity index (χ0n) is 14.0. The van der Waals surface area contributed by atoms with Crippen molar-refractivity contribution < 1.29 is 14.3 Å². The molecule has 1 amide bonds. The minimum atomic E-state index is -0.388. The van der Waals surface area contributed by atoms with E-state index in [4.69, 9.17) is 4.74 Å². The summed E-state index contributed by atoms with van der Waals surface area (Å²) < 4.78 is 7.46. The highest BCUT2D eigenvalue weighted by Crippen LogP contribution is 2.19. The monoisotopic (exact) mass is 372 g/mol. The first-order valence-corrected chi connectivity index (χ1v) is 9.48. The predicted molar refractivity (Wildman–Crippen MR) is 100 cm³/mol. The number of rotatable bonds is 3. The van der Waals surface area contributed by atoms with E-state index in [0.717, 1.165) is 15.1 Å². The number of hydrogen-bond donors (Lipinski definition) is 0. The second-order valence-electron chi connectivity index (χ2n) is 5.26. The molecule has 3 rings (SSSR count). The summed E-state index contributed by atoms with van der Waals surface area (Å²) in [5.41, 5.74) is 1.93. The van der Waals surface area contributed by atoms with Gasteiger partial charge in [-0.2, -0.15) is 4.99 Å². The van der Waals surface area contributed by atoms with Crippen LogP contribution in [-0.4, -0.2) is 29.8 Å². The standard InChI is InChI=1S/C18H16N2O3S2/c1-20-14-9-6-12(17(22)23-2)10-15(14)25-18(20)19-16(21)11-4-7-13(24-3)8-5-11/h4-10H,1-3H3. The Morgan fingerprint density at radius 3 is 2.44 bits per heavy atom. The molecule has 0 fully saturated rings. The number of benzene rings is 2. The van der Waals surface area contributed by atoms with E-state index in [2.05, 4.69) is 4.99 Å². The summed E-state index contributed by atoms with van der Waals surface area (Å²) in [6.07, 6.45) is 1.99. The molecule has 7 heteroatoms. The average Bonchev–Trinajstić information content (AvgIpc) is 2.96. The summed E-state index contributed by atoms with van der Waals surface area (Å²) in [5, 5.41) is 0. The molecule has 0 N–H and O–H groups in total. The van der Waals surface area contributed by atoms with Gasteiger partial charge in [-0.05, 0) is 48.7 Å². The molecular weight excluding hydrogens is 356 g/mol. The van der Waals surface area contributed by atoms with Gasteiger partial charge in [-0.25, -0.2) is 4.79 Å². The van der Waals surface area contributed by atoms with Crippen molar-refractivity contribution in [3.63, 3.8) is 0 Å². The number of thioether (sulfide) groups is 1. The van der Waals surface area contributed by atoms with E-state index in [0.29, 0.717) is 15.9 Å². The largest absolute Gasteiger partial charge is 0.465 e. The van der Waals surface area contributed by atoms with Gasteiger partial charge in [0.15, 0.2) is 4.80 Å². The molecule has 0 aliphatic heterocycles. The van der Waals surface area contributed by atoms with Crippen LogP contribution in [0.25, 0.3) is 10.2 Å². The van der Waals surface area contributed by atoms with Crippen molar-refractivity contribution in [1.29, 1.82) is 0 Å². The van der Waals surface area contributed by atoms with Crippen molar-refractivity contribution in [1.82, 2.24) is 4.57 Å². The third-order valence-electron chi connectivity index (χ3n) is 3.76. The topological polar surface area (TPSA) is 60.7 Å². The minimum Gasteiger partial charge on any atom is -0.465 e. The number of nitrogens with zero attached hydrogens (tertiary/aromatic N) is 2. The van der Waals surface area contributed by atoms with E-state index in [1.54, 1.807) is 36.0 Å². The molecule has 2 aromatic carbocycles. The van der Waals surface area contributed by atoms with Gasteiger partial charge in [-0.1, -0.05) is 11.3 Å². The number of amides is 1. The number of aryl methyl sites for hydroxylation is 1. The highest BCUT2D eigenvalue weighted by atomic mass is 32.2. The summed E-state index contributed by atoms with van der Waals surface area (Å²) in [5.74, 6) is -0.676. The van der Waals surface area contributed by atoms with Gasteiger partial charge in [-0.3, -0.25) is 4.79 Å². The maximum Gasteiger partial charge on any atom is 0.337 e. The second-order valence-corrected chi connectivity index (χ2v) is 7.15. The van der Waals surface area contributed by atoms with Crippen LogP contribution < -0.4 is 4.80 Å². The number of ether oxygens (including phenoxy) is 1. The third-order valence-corrected chi connectivity index (χ3v) is 5.60. The summed E-state index contributed by atoms with van der Waals surface area (Å²) in [6, 6.07) is 12.6. The molecule has 0 unspecified atom stereocenters. The van der Waals surface area contributed by atoms with Gasteiger partial charge in [0, 0.05) is 17.5 Å². The fourth-order valence-corrected chi connectivity index (χ4v) is 3.83. The molecule has 0 aliphatic rings. The molecule has 3 aromatic rings. The molecule has 0 saturated heterocycles. The molecule has 0 bridgehead atoms. The number of aromatic nitrogens is 1. The van der Waals surface area contributed by atoms with Gasteiger partial charge in [0.05, 0.1) is 22.9 Å². The lowest BCUT2D eigenvalue weighted by molar-refractivity contribution is 0.0601. The van der Waals surface area contributed by atoms with Gasteiger partial charge in [0.1, 0.15) is 0 Å². The van der Waals surface area contributed by atoms with Crippen LogP contribution in [0.4, 0.5) is 0 Å². The van der Waals surface area contributed by atoms with Gasteiger partial charge < -0.3 is 9.30 Å². The molecule has 1 aromatic heterocycles. The normalized spacial score (nSPS) is 11.7. The van der Waals surface area contributed by atoms with Crippen LogP contribution in [0.15, 0.2) is 52.4 Å². The Hall–Kier alpha value is -2.38. The van der Waals surface area contributed by atoms with E-state index in [1.807, 2.05) is 36.1 Å². The molecule has 0 saturated carbocycles. The summed E-state index contributed by atoms with van der Waals surface area (Å²) in [4.78, 5) is 30.0. The maximum atomic E-state index is 12.4. The van der Waals surface area contributed by atoms with Crippen LogP contribution >= 0.6 is 23.1 Å². The summed E-state index contributed by atoms with van der Waals surface area (Å²) in [6.45, 7) is 0. The fourth-order valence-electron chi connectivity index (χ4n) is 2.37. The Morgan fingerprint density at radius 2 is 1.80 bits per heavy atom. The van der Waals surface area contributed by atoms with Gasteiger partial charge >= 0.3 is 5.97 Å². The Labute approximate surface area is 153 Å². The van der Waals surface area contributed by atoms with Gasteiger partial charge in [0.2, 0.25) is 0 Å². The number of fused-ring (bicyclic) bond motifs is 1. The third kappa shape index (κ3) is 3.52. The van der Waals surface area contributed by atoms with Crippen molar-refractivity contribution in [3.05, 3.63) is 58.4 Å². The lowest BCUT2D eigenvalue weighted by Crippen LogP contribution is -2.13. The van der Waals surface area contributed by atoms with E-state index in [9.17, 15) is 9.59 Å². The zero-order valence-corrected chi connectivity index (χ0v) is 15.6. The maximum absolute atomic E-state index is 12.4. The first kappa shape index (κ1) is 17.4. The molecule has 25 heavy (non-hydrogen) atoms. The molecule has 1 heterocycles. The van der Waals surface area contributed by atoms with E-state index in [1.165, 1.54) is 18.4 Å². The van der Waals surface area contributed by atoms with Crippen LogP contribution in [-0.2, 0) is 11.8 Å². The smallest absolute Gasteiger partial charge is 0.337 e. The van der Waals surface area contributed by atoms with Crippen LogP contribution in [0, 0.1) is 0 Å². The fraction of sp³-hybridized carbons (Fsp3) is 0.167. The van der Waals surface area contributed by atoms with Crippen molar-refractivity contribution in [3.8, 4) is 0 Å². The van der Waals surface area contributed by atoms with Crippen LogP contribution in [0.1, 0.15) is 20.7 Å². The molecule has 0 radical (unpaired) electrons. The van der Waals surface area contributed by atoms with Crippen LogP contribution in [0.3, 0.4) is 0 Å². The number of methoxy groups -OCH3 is 1. The zero-order chi connectivity index (χ0) is 18.0. The van der Waals surface area contributed by atoms with Crippen LogP contribution in [0.5, 0.6) is 0 Å². The predicted octanol–water partition coefficient (Wildman–Crippen LogP) is 3.49. The molecule has 0 atom stereocenters. The minimum absolute atomic E-state index is 0.289. The van der Waals surface area contributed by atoms with Crippen molar-refractivity contribution in [2.45, 2.75) is 4.90 Å². The van der Waals surface area contributed by atoms with Crippen molar-refractivity contribution in [2.75, 3.05) is 13.4 Å². The summed E-state index contributed by atoms with van der Waals surface area (Å²) >= 11 is 2.98. The van der Waals surface area contributed by atoms with Gasteiger partial charge in [-0.15, -0.1) is 11.8 Å². The summed E-state index contributed by atoms with van der Waals surface area (Å²) in [7, 11) is 3.20. The lowest BCUT2D eigenvalue weighted by Gasteiger charge is -2.00. The molecule has 0 spiro atoms. The Kier molecular flexibility index (Phi) is 5.06. The van der Waals surface area contributed by atoms with E-state index >= 15 is 0 Å². The van der Waals surface area contributed by atoms with E-state index in [-0.39, 0.29) is 11.9 Å². The molecule has 128 valence electrons. The van der Waals surface area contributed by atoms with Crippen molar-refractivity contribution >= 4 is 45.2 Å². The quantitative estimate of drug-likeness (QED) is 0.522. The Bertz CT molecular complexity index is 1020. The number of carbonyl (C=O) groups excluding carboxylic acids is 2. The molecule has 0 aliphatic carbocycles. The van der Waals surface area contributed by atoms with Crippen LogP contribution in [0.2, 0.25) is 0 Å². The SMILES string of the molecule is COC(=O)c1ccc2c(c1)sc(=NC(=O)c1ccc(SC)cc1)n2C. The van der Waals surface area contributed by atoms with E-state index < -0.39 is 0 Å². The molecule has 5 nitrogen and oxygen atoms in total. The first-order chi connectivity index (χ1) is 12.0. The Balaban J connectivity index is 2.01. The number of esters is 1. The highest BCUT2D eigenvalue weighted by Gasteiger charge is 2.11. The first-order valence-electron chi connectivity index (χ1n) is 7.44. The molecular formula is C18H16N2O3S2. The highest BCUT2D eigenvalue weighted by molar-refractivity contribution is 7.98. The lowest BCUT2D eigenvalue weighted by atomic mass is 10.2. The number of carbonyl (C=O) groups is 2. The van der Waals surface area contributed by atoms with Gasteiger partial charge in [0.25, 0.3) is 5.91 Å². The number of thiazole rings is 1. The Morgan fingerprint density at radius 1 is 1.12 bits per heavy atom. The number of hydrogen-bond acceptors (Lipinski definition) is 5. The van der Waals surface area contributed by atoms with Crippen molar-refractivity contribution in [2.24, 2.45) is 12.0 Å².